The molecular weight excluding hydrogens is 238 g/mol. The van der Waals surface area contributed by atoms with E-state index in [9.17, 15) is 0 Å². The van der Waals surface area contributed by atoms with Gasteiger partial charge in [-0.1, -0.05) is 0 Å². The van der Waals surface area contributed by atoms with E-state index in [0.29, 0.717) is 5.28 Å². The number of nitrogens with zero attached hydrogens (tertiary/aromatic N) is 3. The van der Waals surface area contributed by atoms with Crippen LogP contribution in [0.25, 0.3) is 0 Å². The smallest absolute Gasteiger partial charge is 0.224 e. The zero-order valence-electron chi connectivity index (χ0n) is 10.7. The summed E-state index contributed by atoms with van der Waals surface area (Å²) in [6.07, 6.45) is 0.188. The van der Waals surface area contributed by atoms with Gasteiger partial charge in [0.25, 0.3) is 0 Å². The molecule has 2 heterocycles. The summed E-state index contributed by atoms with van der Waals surface area (Å²) in [5, 5.41) is 0.303. The Hall–Kier alpha value is -0.870. The van der Waals surface area contributed by atoms with Crippen molar-refractivity contribution >= 4 is 17.4 Å². The highest BCUT2D eigenvalue weighted by Gasteiger charge is 2.32. The lowest BCUT2D eigenvalue weighted by Gasteiger charge is -2.42. The summed E-state index contributed by atoms with van der Waals surface area (Å²) < 4.78 is 5.87. The van der Waals surface area contributed by atoms with Gasteiger partial charge in [0.1, 0.15) is 5.82 Å². The quantitative estimate of drug-likeness (QED) is 0.723. The molecule has 1 atom stereocenters. The van der Waals surface area contributed by atoms with Crippen LogP contribution >= 0.6 is 11.6 Å². The summed E-state index contributed by atoms with van der Waals surface area (Å²) in [5.41, 5.74) is 0.722. The molecule has 0 spiro atoms. The third-order valence-electron chi connectivity index (χ3n) is 2.71. The van der Waals surface area contributed by atoms with E-state index in [0.717, 1.165) is 24.6 Å². The average Bonchev–Trinajstić information content (AvgIpc) is 2.12. The Morgan fingerprint density at radius 3 is 2.76 bits per heavy atom. The lowest BCUT2D eigenvalue weighted by atomic mass is 10.1. The predicted octanol–water partition coefficient (Wildman–Crippen LogP) is 2.44. The number of aryl methyl sites for hydroxylation is 1. The van der Waals surface area contributed by atoms with E-state index < -0.39 is 0 Å². The number of hydrogen-bond acceptors (Lipinski definition) is 4. The summed E-state index contributed by atoms with van der Waals surface area (Å²) in [4.78, 5) is 10.6. The normalized spacial score (nSPS) is 23.8. The number of ether oxygens (including phenoxy) is 1. The molecule has 1 saturated heterocycles. The van der Waals surface area contributed by atoms with Gasteiger partial charge < -0.3 is 9.64 Å². The summed E-state index contributed by atoms with van der Waals surface area (Å²) in [6, 6.07) is 1.96. The van der Waals surface area contributed by atoms with Gasteiger partial charge in [-0.3, -0.25) is 0 Å². The first-order valence-corrected chi connectivity index (χ1v) is 6.17. The molecule has 2 rings (SSSR count). The standard InChI is InChI=1S/C12H18ClN3O/c1-8-5-10(15-11(13)14-8)16-6-9(2)17-12(3,4)7-16/h5,9H,6-7H2,1-4H3. The second-order valence-electron chi connectivity index (χ2n) is 5.21. The molecule has 0 radical (unpaired) electrons. The molecule has 1 aliphatic rings. The van der Waals surface area contributed by atoms with Crippen LogP contribution in [0.2, 0.25) is 5.28 Å². The van der Waals surface area contributed by atoms with Crippen molar-refractivity contribution in [3.8, 4) is 0 Å². The average molecular weight is 256 g/mol. The monoisotopic (exact) mass is 255 g/mol. The van der Waals surface area contributed by atoms with Crippen LogP contribution in [0.3, 0.4) is 0 Å². The number of rotatable bonds is 1. The molecule has 4 nitrogen and oxygen atoms in total. The lowest BCUT2D eigenvalue weighted by Crippen LogP contribution is -2.52. The van der Waals surface area contributed by atoms with Crippen LogP contribution in [-0.4, -0.2) is 34.8 Å². The van der Waals surface area contributed by atoms with Crippen LogP contribution in [0, 0.1) is 6.92 Å². The SMILES string of the molecule is Cc1cc(N2CC(C)OC(C)(C)C2)nc(Cl)n1. The van der Waals surface area contributed by atoms with Gasteiger partial charge in [-0.05, 0) is 39.3 Å². The van der Waals surface area contributed by atoms with Gasteiger partial charge >= 0.3 is 0 Å². The van der Waals surface area contributed by atoms with E-state index in [-0.39, 0.29) is 11.7 Å². The summed E-state index contributed by atoms with van der Waals surface area (Å²) in [5.74, 6) is 0.880. The first-order valence-electron chi connectivity index (χ1n) is 5.80. The molecule has 0 saturated carbocycles. The first-order chi connectivity index (χ1) is 7.85. The molecule has 5 heteroatoms. The molecule has 0 bridgehead atoms. The van der Waals surface area contributed by atoms with Gasteiger partial charge in [0.05, 0.1) is 11.7 Å². The fraction of sp³-hybridized carbons (Fsp3) is 0.667. The fourth-order valence-corrected chi connectivity index (χ4v) is 2.53. The minimum atomic E-state index is -0.164. The molecule has 1 aliphatic heterocycles. The van der Waals surface area contributed by atoms with Crippen molar-refractivity contribution in [3.63, 3.8) is 0 Å². The van der Waals surface area contributed by atoms with Crippen LogP contribution in [0.4, 0.5) is 5.82 Å². The summed E-state index contributed by atoms with van der Waals surface area (Å²) >= 11 is 5.90. The van der Waals surface area contributed by atoms with E-state index in [2.05, 4.69) is 35.6 Å². The van der Waals surface area contributed by atoms with E-state index in [1.54, 1.807) is 0 Å². The second kappa shape index (κ2) is 4.42. The molecule has 1 aromatic heterocycles. The maximum Gasteiger partial charge on any atom is 0.224 e. The number of morpholine rings is 1. The highest BCUT2D eigenvalue weighted by atomic mass is 35.5. The van der Waals surface area contributed by atoms with Crippen LogP contribution in [0.15, 0.2) is 6.07 Å². The van der Waals surface area contributed by atoms with Crippen molar-refractivity contribution in [2.45, 2.75) is 39.4 Å². The molecule has 94 valence electrons. The minimum absolute atomic E-state index is 0.164. The summed E-state index contributed by atoms with van der Waals surface area (Å²) in [7, 11) is 0. The van der Waals surface area contributed by atoms with Gasteiger partial charge in [-0.25, -0.2) is 9.97 Å². The van der Waals surface area contributed by atoms with Crippen LogP contribution in [0.5, 0.6) is 0 Å². The number of hydrogen-bond donors (Lipinski definition) is 0. The number of halogens is 1. The molecular formula is C12H18ClN3O. The summed E-state index contributed by atoms with van der Waals surface area (Å²) in [6.45, 7) is 9.81. The van der Waals surface area contributed by atoms with Crippen molar-refractivity contribution in [1.29, 1.82) is 0 Å². The van der Waals surface area contributed by atoms with Gasteiger partial charge in [0, 0.05) is 24.8 Å². The van der Waals surface area contributed by atoms with Crippen molar-refractivity contribution < 1.29 is 4.74 Å². The van der Waals surface area contributed by atoms with E-state index in [1.165, 1.54) is 0 Å². The largest absolute Gasteiger partial charge is 0.369 e. The second-order valence-corrected chi connectivity index (χ2v) is 5.54. The number of anilines is 1. The third-order valence-corrected chi connectivity index (χ3v) is 2.88. The molecule has 1 unspecified atom stereocenters. The Morgan fingerprint density at radius 1 is 1.47 bits per heavy atom. The van der Waals surface area contributed by atoms with Crippen LogP contribution in [0.1, 0.15) is 26.5 Å². The Labute approximate surface area is 107 Å². The van der Waals surface area contributed by atoms with E-state index in [1.807, 2.05) is 13.0 Å². The Morgan fingerprint density at radius 2 is 2.18 bits per heavy atom. The van der Waals surface area contributed by atoms with Crippen molar-refractivity contribution in [3.05, 3.63) is 17.0 Å². The van der Waals surface area contributed by atoms with Gasteiger partial charge in [-0.2, -0.15) is 0 Å². The maximum atomic E-state index is 5.90. The fourth-order valence-electron chi connectivity index (χ4n) is 2.31. The molecule has 0 N–H and O–H groups in total. The maximum absolute atomic E-state index is 5.90. The highest BCUT2D eigenvalue weighted by Crippen LogP contribution is 2.25. The topological polar surface area (TPSA) is 38.2 Å². The molecule has 1 fully saturated rings. The molecule has 0 amide bonds. The zero-order chi connectivity index (χ0) is 12.6. The van der Waals surface area contributed by atoms with E-state index >= 15 is 0 Å². The zero-order valence-corrected chi connectivity index (χ0v) is 11.5. The lowest BCUT2D eigenvalue weighted by molar-refractivity contribution is -0.0751. The Bertz CT molecular complexity index is 402. The van der Waals surface area contributed by atoms with Crippen molar-refractivity contribution in [1.82, 2.24) is 9.97 Å². The van der Waals surface area contributed by atoms with Crippen molar-refractivity contribution in [2.75, 3.05) is 18.0 Å². The van der Waals surface area contributed by atoms with Crippen LogP contribution < -0.4 is 4.90 Å². The minimum Gasteiger partial charge on any atom is -0.369 e. The van der Waals surface area contributed by atoms with Crippen molar-refractivity contribution in [2.24, 2.45) is 0 Å². The van der Waals surface area contributed by atoms with Gasteiger partial charge in [0.15, 0.2) is 0 Å². The number of aromatic nitrogens is 2. The van der Waals surface area contributed by atoms with Gasteiger partial charge in [-0.15, -0.1) is 0 Å². The van der Waals surface area contributed by atoms with Gasteiger partial charge in [0.2, 0.25) is 5.28 Å². The van der Waals surface area contributed by atoms with Crippen LogP contribution in [-0.2, 0) is 4.74 Å². The first kappa shape index (κ1) is 12.6. The highest BCUT2D eigenvalue weighted by molar-refractivity contribution is 6.28. The van der Waals surface area contributed by atoms with E-state index in [4.69, 9.17) is 16.3 Å². The molecule has 0 aromatic carbocycles. The molecule has 17 heavy (non-hydrogen) atoms. The Balaban J connectivity index is 2.26. The molecule has 1 aromatic rings. The predicted molar refractivity (Wildman–Crippen MR) is 68.6 cm³/mol. The Kier molecular flexibility index (Phi) is 3.27. The third kappa shape index (κ3) is 3.07. The molecule has 0 aliphatic carbocycles.